The maximum Gasteiger partial charge on any atom is 0.273 e. The number of sulfonamides is 1. The zero-order valence-electron chi connectivity index (χ0n) is 11.2. The van der Waals surface area contributed by atoms with E-state index < -0.39 is 15.8 Å². The van der Waals surface area contributed by atoms with Crippen LogP contribution in [0.3, 0.4) is 0 Å². The number of benzene rings is 1. The van der Waals surface area contributed by atoms with Gasteiger partial charge in [0.25, 0.3) is 5.19 Å². The van der Waals surface area contributed by atoms with Crippen molar-refractivity contribution in [3.8, 4) is 5.19 Å². The molecule has 112 valence electrons. The zero-order valence-corrected chi connectivity index (χ0v) is 12.8. The summed E-state index contributed by atoms with van der Waals surface area (Å²) < 4.78 is 44.8. The van der Waals surface area contributed by atoms with E-state index in [1.807, 2.05) is 0 Å². The minimum absolute atomic E-state index is 0.136. The van der Waals surface area contributed by atoms with Gasteiger partial charge in [-0.1, -0.05) is 11.3 Å². The summed E-state index contributed by atoms with van der Waals surface area (Å²) >= 11 is 1.37. The molecule has 1 aliphatic rings. The van der Waals surface area contributed by atoms with Crippen LogP contribution in [0.4, 0.5) is 4.39 Å². The Morgan fingerprint density at radius 3 is 2.81 bits per heavy atom. The lowest BCUT2D eigenvalue weighted by Gasteiger charge is -2.37. The molecular formula is C13H13FN2O3S2. The van der Waals surface area contributed by atoms with E-state index in [0.29, 0.717) is 10.8 Å². The smallest absolute Gasteiger partial charge is 0.273 e. The Balaban J connectivity index is 1.70. The third-order valence-corrected chi connectivity index (χ3v) is 5.90. The van der Waals surface area contributed by atoms with Gasteiger partial charge in [-0.3, -0.25) is 0 Å². The third-order valence-electron chi connectivity index (χ3n) is 3.25. The van der Waals surface area contributed by atoms with E-state index in [2.05, 4.69) is 4.98 Å². The van der Waals surface area contributed by atoms with E-state index in [4.69, 9.17) is 4.74 Å². The fourth-order valence-electron chi connectivity index (χ4n) is 2.12. The number of halogens is 1. The largest absolute Gasteiger partial charge is 0.464 e. The van der Waals surface area contributed by atoms with Crippen LogP contribution in [0.1, 0.15) is 5.56 Å². The summed E-state index contributed by atoms with van der Waals surface area (Å²) in [6, 6.07) is 3.68. The topological polar surface area (TPSA) is 59.5 Å². The van der Waals surface area contributed by atoms with Gasteiger partial charge >= 0.3 is 0 Å². The molecule has 1 aliphatic heterocycles. The molecule has 0 radical (unpaired) electrons. The molecule has 2 aromatic rings. The van der Waals surface area contributed by atoms with E-state index in [0.717, 1.165) is 6.07 Å². The average molecular weight is 328 g/mol. The number of hydrogen-bond acceptors (Lipinski definition) is 5. The predicted octanol–water partition coefficient (Wildman–Crippen LogP) is 2.04. The van der Waals surface area contributed by atoms with Crippen molar-refractivity contribution in [2.24, 2.45) is 0 Å². The van der Waals surface area contributed by atoms with Crippen LogP contribution >= 0.6 is 11.3 Å². The Bertz CT molecular complexity index is 741. The van der Waals surface area contributed by atoms with Crippen LogP contribution in [0.5, 0.6) is 5.19 Å². The third kappa shape index (κ3) is 2.78. The Labute approximate surface area is 126 Å². The first-order valence-corrected chi connectivity index (χ1v) is 8.61. The number of thiazole rings is 1. The Hall–Kier alpha value is -1.51. The molecule has 1 aromatic heterocycles. The lowest BCUT2D eigenvalue weighted by molar-refractivity contribution is 0.0759. The summed E-state index contributed by atoms with van der Waals surface area (Å²) in [4.78, 5) is 4.13. The zero-order chi connectivity index (χ0) is 15.0. The molecule has 0 saturated carbocycles. The van der Waals surface area contributed by atoms with Crippen molar-refractivity contribution in [2.45, 2.75) is 17.9 Å². The molecule has 0 atom stereocenters. The fraction of sp³-hybridized carbons (Fsp3) is 0.308. The van der Waals surface area contributed by atoms with Crippen molar-refractivity contribution in [3.63, 3.8) is 0 Å². The standard InChI is InChI=1S/C13H13FN2O3S2/c1-9-6-10(14)2-3-12(9)21(17,18)16-7-11(8-16)19-13-15-4-5-20-13/h2-6,11H,7-8H2,1H3. The maximum absolute atomic E-state index is 13.1. The predicted molar refractivity (Wildman–Crippen MR) is 76.4 cm³/mol. The normalized spacial score (nSPS) is 16.7. The van der Waals surface area contributed by atoms with Gasteiger partial charge < -0.3 is 4.74 Å². The second-order valence-corrected chi connectivity index (χ2v) is 7.53. The molecular weight excluding hydrogens is 315 g/mol. The minimum atomic E-state index is -3.59. The van der Waals surface area contributed by atoms with E-state index in [9.17, 15) is 12.8 Å². The number of aromatic nitrogens is 1. The van der Waals surface area contributed by atoms with Gasteiger partial charge in [0.1, 0.15) is 11.9 Å². The van der Waals surface area contributed by atoms with Crippen LogP contribution in [-0.2, 0) is 10.0 Å². The molecule has 1 aromatic carbocycles. The Kier molecular flexibility index (Phi) is 3.68. The first-order chi connectivity index (χ1) is 9.96. The molecule has 8 heteroatoms. The van der Waals surface area contributed by atoms with Gasteiger partial charge in [0.05, 0.1) is 18.0 Å². The van der Waals surface area contributed by atoms with Gasteiger partial charge in [0, 0.05) is 11.6 Å². The lowest BCUT2D eigenvalue weighted by atomic mass is 10.2. The van der Waals surface area contributed by atoms with Gasteiger partial charge in [-0.25, -0.2) is 17.8 Å². The van der Waals surface area contributed by atoms with Crippen molar-refractivity contribution in [1.82, 2.24) is 9.29 Å². The molecule has 0 spiro atoms. The van der Waals surface area contributed by atoms with Crippen molar-refractivity contribution in [1.29, 1.82) is 0 Å². The summed E-state index contributed by atoms with van der Waals surface area (Å²) in [5, 5.41) is 2.33. The van der Waals surface area contributed by atoms with Crippen molar-refractivity contribution >= 4 is 21.4 Å². The summed E-state index contributed by atoms with van der Waals surface area (Å²) in [6.07, 6.45) is 1.45. The average Bonchev–Trinajstić information content (AvgIpc) is 2.85. The fourth-order valence-corrected chi connectivity index (χ4v) is 4.38. The van der Waals surface area contributed by atoms with E-state index >= 15 is 0 Å². The minimum Gasteiger partial charge on any atom is -0.464 e. The highest BCUT2D eigenvalue weighted by Crippen LogP contribution is 2.27. The Morgan fingerprint density at radius 2 is 2.19 bits per heavy atom. The SMILES string of the molecule is Cc1cc(F)ccc1S(=O)(=O)N1CC(Oc2nccs2)C1. The molecule has 5 nitrogen and oxygen atoms in total. The van der Waals surface area contributed by atoms with E-state index in [1.165, 1.54) is 27.8 Å². The van der Waals surface area contributed by atoms with Gasteiger partial charge in [-0.2, -0.15) is 4.31 Å². The second kappa shape index (κ2) is 5.36. The van der Waals surface area contributed by atoms with Crippen molar-refractivity contribution < 1.29 is 17.5 Å². The van der Waals surface area contributed by atoms with Crippen LogP contribution in [0.15, 0.2) is 34.7 Å². The monoisotopic (exact) mass is 328 g/mol. The van der Waals surface area contributed by atoms with Crippen LogP contribution < -0.4 is 4.74 Å². The van der Waals surface area contributed by atoms with Crippen molar-refractivity contribution in [3.05, 3.63) is 41.2 Å². The van der Waals surface area contributed by atoms with Crippen LogP contribution in [0.25, 0.3) is 0 Å². The van der Waals surface area contributed by atoms with Gasteiger partial charge in [-0.15, -0.1) is 0 Å². The molecule has 21 heavy (non-hydrogen) atoms. The quantitative estimate of drug-likeness (QED) is 0.862. The Morgan fingerprint density at radius 1 is 1.43 bits per heavy atom. The highest BCUT2D eigenvalue weighted by molar-refractivity contribution is 7.89. The highest BCUT2D eigenvalue weighted by Gasteiger charge is 2.39. The summed E-state index contributed by atoms with van der Waals surface area (Å²) in [7, 11) is -3.59. The van der Waals surface area contributed by atoms with Gasteiger partial charge in [-0.05, 0) is 30.7 Å². The highest BCUT2D eigenvalue weighted by atomic mass is 32.2. The maximum atomic E-state index is 13.1. The number of aryl methyl sites for hydroxylation is 1. The summed E-state index contributed by atoms with van der Waals surface area (Å²) in [6.45, 7) is 2.14. The van der Waals surface area contributed by atoms with E-state index in [1.54, 1.807) is 18.5 Å². The van der Waals surface area contributed by atoms with Crippen LogP contribution in [0, 0.1) is 12.7 Å². The number of hydrogen-bond donors (Lipinski definition) is 0. The molecule has 1 saturated heterocycles. The molecule has 3 rings (SSSR count). The molecule has 0 N–H and O–H groups in total. The molecule has 1 fully saturated rings. The second-order valence-electron chi connectivity index (χ2n) is 4.77. The molecule has 0 aliphatic carbocycles. The number of rotatable bonds is 4. The molecule has 2 heterocycles. The van der Waals surface area contributed by atoms with Crippen LogP contribution in [-0.4, -0.2) is 36.9 Å². The first-order valence-electron chi connectivity index (χ1n) is 6.29. The number of ether oxygens (including phenoxy) is 1. The van der Waals surface area contributed by atoms with E-state index in [-0.39, 0.29) is 24.1 Å². The van der Waals surface area contributed by atoms with Crippen molar-refractivity contribution in [2.75, 3.05) is 13.1 Å². The molecule has 0 unspecified atom stereocenters. The molecule has 0 bridgehead atoms. The summed E-state index contributed by atoms with van der Waals surface area (Å²) in [5.74, 6) is -0.444. The van der Waals surface area contributed by atoms with Gasteiger partial charge in [0.15, 0.2) is 0 Å². The summed E-state index contributed by atoms with van der Waals surface area (Å²) in [5.41, 5.74) is 0.402. The lowest BCUT2D eigenvalue weighted by Crippen LogP contribution is -2.56. The van der Waals surface area contributed by atoms with Crippen LogP contribution in [0.2, 0.25) is 0 Å². The molecule has 0 amide bonds. The van der Waals surface area contributed by atoms with Gasteiger partial charge in [0.2, 0.25) is 10.0 Å². The number of nitrogens with zero attached hydrogens (tertiary/aromatic N) is 2. The first kappa shape index (κ1) is 14.4.